The van der Waals surface area contributed by atoms with E-state index in [-0.39, 0.29) is 18.2 Å². The normalized spacial score (nSPS) is 12.1. The molecule has 1 aromatic carbocycles. The van der Waals surface area contributed by atoms with Crippen molar-refractivity contribution in [3.8, 4) is 5.75 Å². The molecule has 5 nitrogen and oxygen atoms in total. The molecule has 114 valence electrons. The Morgan fingerprint density at radius 3 is 2.81 bits per heavy atom. The van der Waals surface area contributed by atoms with Gasteiger partial charge in [-0.25, -0.2) is 0 Å². The number of hydrogen-bond acceptors (Lipinski definition) is 3. The fraction of sp³-hybridized carbons (Fsp3) is 0.333. The van der Waals surface area contributed by atoms with E-state index in [1.54, 1.807) is 26.2 Å². The van der Waals surface area contributed by atoms with E-state index in [9.17, 15) is 9.59 Å². The summed E-state index contributed by atoms with van der Waals surface area (Å²) in [5, 5.41) is 11.3. The van der Waals surface area contributed by atoms with Crippen LogP contribution in [0.5, 0.6) is 5.75 Å². The topological polar surface area (TPSA) is 75.6 Å². The zero-order valence-electron chi connectivity index (χ0n) is 11.9. The first kappa shape index (κ1) is 17.2. The van der Waals surface area contributed by atoms with Crippen LogP contribution in [0.15, 0.2) is 28.7 Å². The number of aliphatic carboxylic acids is 1. The number of rotatable bonds is 7. The van der Waals surface area contributed by atoms with Crippen LogP contribution in [0.2, 0.25) is 0 Å². The summed E-state index contributed by atoms with van der Waals surface area (Å²) in [7, 11) is 1.56. The summed E-state index contributed by atoms with van der Waals surface area (Å²) < 4.78 is 6.09. The van der Waals surface area contributed by atoms with Gasteiger partial charge in [-0.2, -0.15) is 0 Å². The van der Waals surface area contributed by atoms with Crippen molar-refractivity contribution < 1.29 is 19.4 Å². The first-order valence-corrected chi connectivity index (χ1v) is 7.23. The largest absolute Gasteiger partial charge is 0.496 e. The number of halogens is 1. The molecule has 0 aliphatic heterocycles. The van der Waals surface area contributed by atoms with Gasteiger partial charge in [-0.1, -0.05) is 22.9 Å². The highest BCUT2D eigenvalue weighted by molar-refractivity contribution is 9.10. The lowest BCUT2D eigenvalue weighted by atomic mass is 10.1. The summed E-state index contributed by atoms with van der Waals surface area (Å²) in [6, 6.07) is 5.50. The van der Waals surface area contributed by atoms with E-state index in [1.807, 2.05) is 12.1 Å². The van der Waals surface area contributed by atoms with Gasteiger partial charge >= 0.3 is 5.97 Å². The second-order valence-corrected chi connectivity index (χ2v) is 5.58. The summed E-state index contributed by atoms with van der Waals surface area (Å²) in [6.07, 6.45) is 3.09. The van der Waals surface area contributed by atoms with Crippen molar-refractivity contribution in [2.24, 2.45) is 5.92 Å². The number of amides is 1. The van der Waals surface area contributed by atoms with Gasteiger partial charge in [0.2, 0.25) is 5.91 Å². The van der Waals surface area contributed by atoms with Crippen molar-refractivity contribution in [2.45, 2.75) is 13.3 Å². The van der Waals surface area contributed by atoms with Crippen LogP contribution in [0.1, 0.15) is 18.9 Å². The molecule has 21 heavy (non-hydrogen) atoms. The molecule has 0 aliphatic rings. The fourth-order valence-corrected chi connectivity index (χ4v) is 2.08. The molecule has 0 spiro atoms. The molecule has 2 N–H and O–H groups in total. The maximum absolute atomic E-state index is 11.7. The lowest BCUT2D eigenvalue weighted by Crippen LogP contribution is -2.27. The molecule has 6 heteroatoms. The molecular formula is C15H18BrNO4. The Kier molecular flexibility index (Phi) is 6.94. The van der Waals surface area contributed by atoms with Gasteiger partial charge in [0.15, 0.2) is 0 Å². The summed E-state index contributed by atoms with van der Waals surface area (Å²) in [6.45, 7) is 2.10. The van der Waals surface area contributed by atoms with E-state index in [1.165, 1.54) is 6.08 Å². The summed E-state index contributed by atoms with van der Waals surface area (Å²) in [5.41, 5.74) is 0.778. The third kappa shape index (κ3) is 6.44. The molecule has 0 aliphatic carbocycles. The number of nitrogens with one attached hydrogen (secondary N) is 1. The van der Waals surface area contributed by atoms with Gasteiger partial charge in [0.25, 0.3) is 0 Å². The molecule has 0 saturated carbocycles. The number of carboxylic acids is 1. The maximum Gasteiger partial charge on any atom is 0.303 e. The molecule has 1 unspecified atom stereocenters. The number of carbonyl (C=O) groups excluding carboxylic acids is 1. The highest BCUT2D eigenvalue weighted by atomic mass is 79.9. The van der Waals surface area contributed by atoms with Crippen molar-refractivity contribution in [1.29, 1.82) is 0 Å². The Balaban J connectivity index is 2.58. The molecule has 0 bridgehead atoms. The van der Waals surface area contributed by atoms with E-state index < -0.39 is 5.97 Å². The van der Waals surface area contributed by atoms with E-state index in [0.717, 1.165) is 10.0 Å². The van der Waals surface area contributed by atoms with Crippen LogP contribution in [-0.2, 0) is 9.59 Å². The lowest BCUT2D eigenvalue weighted by Gasteiger charge is -2.08. The number of benzene rings is 1. The van der Waals surface area contributed by atoms with Gasteiger partial charge in [-0.05, 0) is 30.2 Å². The maximum atomic E-state index is 11.7. The zero-order chi connectivity index (χ0) is 15.8. The van der Waals surface area contributed by atoms with Gasteiger partial charge in [-0.15, -0.1) is 0 Å². The van der Waals surface area contributed by atoms with Crippen molar-refractivity contribution in [3.05, 3.63) is 34.3 Å². The molecule has 0 aromatic heterocycles. The zero-order valence-corrected chi connectivity index (χ0v) is 13.5. The lowest BCUT2D eigenvalue weighted by molar-refractivity contribution is -0.138. The van der Waals surface area contributed by atoms with Crippen LogP contribution in [0.4, 0.5) is 0 Å². The third-order valence-corrected chi connectivity index (χ3v) is 3.25. The minimum Gasteiger partial charge on any atom is -0.496 e. The standard InChI is InChI=1S/C15H18BrNO4/c1-10(7-15(19)20)9-17-14(18)6-3-11-8-12(16)4-5-13(11)21-2/h3-6,8,10H,7,9H2,1-2H3,(H,17,18)(H,19,20)/b6-3+. The van der Waals surface area contributed by atoms with Crippen molar-refractivity contribution >= 4 is 33.9 Å². The van der Waals surface area contributed by atoms with Crippen LogP contribution < -0.4 is 10.1 Å². The average Bonchev–Trinajstić information content (AvgIpc) is 2.42. The number of ether oxygens (including phenoxy) is 1. The highest BCUT2D eigenvalue weighted by Gasteiger charge is 2.08. The van der Waals surface area contributed by atoms with Gasteiger partial charge in [0.05, 0.1) is 7.11 Å². The van der Waals surface area contributed by atoms with Crippen molar-refractivity contribution in [3.63, 3.8) is 0 Å². The summed E-state index contributed by atoms with van der Waals surface area (Å²) >= 11 is 3.36. The van der Waals surface area contributed by atoms with Crippen molar-refractivity contribution in [2.75, 3.05) is 13.7 Å². The highest BCUT2D eigenvalue weighted by Crippen LogP contribution is 2.23. The van der Waals surface area contributed by atoms with Gasteiger partial charge < -0.3 is 15.2 Å². The second-order valence-electron chi connectivity index (χ2n) is 4.67. The van der Waals surface area contributed by atoms with E-state index in [2.05, 4.69) is 21.2 Å². The number of carbonyl (C=O) groups is 2. The quantitative estimate of drug-likeness (QED) is 0.737. The Morgan fingerprint density at radius 2 is 2.19 bits per heavy atom. The van der Waals surface area contributed by atoms with Crippen LogP contribution in [0.25, 0.3) is 6.08 Å². The monoisotopic (exact) mass is 355 g/mol. The minimum atomic E-state index is -0.869. The molecule has 1 atom stereocenters. The van der Waals surface area contributed by atoms with E-state index in [0.29, 0.717) is 12.3 Å². The van der Waals surface area contributed by atoms with Gasteiger partial charge in [-0.3, -0.25) is 9.59 Å². The molecule has 1 rings (SSSR count). The van der Waals surface area contributed by atoms with Crippen LogP contribution in [0, 0.1) is 5.92 Å². The second kappa shape index (κ2) is 8.46. The molecule has 0 fully saturated rings. The molecular weight excluding hydrogens is 338 g/mol. The van der Waals surface area contributed by atoms with E-state index >= 15 is 0 Å². The Morgan fingerprint density at radius 1 is 1.48 bits per heavy atom. The first-order chi connectivity index (χ1) is 9.92. The van der Waals surface area contributed by atoms with Crippen LogP contribution >= 0.6 is 15.9 Å². The predicted molar refractivity (Wildman–Crippen MR) is 84.2 cm³/mol. The third-order valence-electron chi connectivity index (χ3n) is 2.75. The van der Waals surface area contributed by atoms with E-state index in [4.69, 9.17) is 9.84 Å². The molecule has 0 heterocycles. The smallest absolute Gasteiger partial charge is 0.303 e. The number of carboxylic acid groups (broad SMARTS) is 1. The Hall–Kier alpha value is -1.82. The molecule has 0 radical (unpaired) electrons. The fourth-order valence-electron chi connectivity index (χ4n) is 1.70. The molecule has 1 aromatic rings. The van der Waals surface area contributed by atoms with Gasteiger partial charge in [0, 0.05) is 29.1 Å². The summed E-state index contributed by atoms with van der Waals surface area (Å²) in [5.74, 6) is -0.581. The Bertz CT molecular complexity index is 542. The predicted octanol–water partition coefficient (Wildman–Crippen LogP) is 2.70. The molecule has 0 saturated heterocycles. The average molecular weight is 356 g/mol. The molecule has 1 amide bonds. The summed E-state index contributed by atoms with van der Waals surface area (Å²) in [4.78, 5) is 22.2. The number of hydrogen-bond donors (Lipinski definition) is 2. The Labute approximate surface area is 132 Å². The SMILES string of the molecule is COc1ccc(Br)cc1/C=C/C(=O)NCC(C)CC(=O)O. The van der Waals surface area contributed by atoms with Crippen LogP contribution in [0.3, 0.4) is 0 Å². The minimum absolute atomic E-state index is 0.0312. The number of methoxy groups -OCH3 is 1. The van der Waals surface area contributed by atoms with Gasteiger partial charge in [0.1, 0.15) is 5.75 Å². The first-order valence-electron chi connectivity index (χ1n) is 6.43. The van der Waals surface area contributed by atoms with Crippen LogP contribution in [-0.4, -0.2) is 30.6 Å². The van der Waals surface area contributed by atoms with Crippen molar-refractivity contribution in [1.82, 2.24) is 5.32 Å².